The van der Waals surface area contributed by atoms with E-state index in [4.69, 9.17) is 0 Å². The zero-order chi connectivity index (χ0) is 19.8. The van der Waals surface area contributed by atoms with E-state index in [-0.39, 0.29) is 17.0 Å². The molecule has 6 nitrogen and oxygen atoms in total. The lowest BCUT2D eigenvalue weighted by molar-refractivity contribution is -0.384. The summed E-state index contributed by atoms with van der Waals surface area (Å²) in [6, 6.07) is 9.30. The molecule has 0 saturated heterocycles. The second-order valence-corrected chi connectivity index (χ2v) is 7.58. The molecule has 1 unspecified atom stereocenters. The zero-order valence-corrected chi connectivity index (χ0v) is 15.9. The molecule has 142 valence electrons. The maximum absolute atomic E-state index is 14.6. The molecule has 7 heteroatoms. The molecule has 2 aromatic carbocycles. The van der Waals surface area contributed by atoms with Crippen LogP contribution in [-0.2, 0) is 0 Å². The molecule has 1 N–H and O–H groups in total. The molecule has 0 aromatic heterocycles. The summed E-state index contributed by atoms with van der Waals surface area (Å²) in [6.45, 7) is 6.48. The van der Waals surface area contributed by atoms with Gasteiger partial charge in [0.05, 0.1) is 16.8 Å². The topological polar surface area (TPSA) is 70.8 Å². The van der Waals surface area contributed by atoms with Gasteiger partial charge < -0.3 is 4.90 Å². The molecular formula is C20H23FN4O2. The van der Waals surface area contributed by atoms with Crippen molar-refractivity contribution in [3.8, 4) is 0 Å². The maximum Gasteiger partial charge on any atom is 0.269 e. The van der Waals surface area contributed by atoms with Crippen molar-refractivity contribution in [1.82, 2.24) is 0 Å². The lowest BCUT2D eigenvalue weighted by atomic mass is 9.80. The van der Waals surface area contributed by atoms with Crippen molar-refractivity contribution in [1.29, 1.82) is 0 Å². The number of fused-ring (bicyclic) bond motifs is 1. The third-order valence-electron chi connectivity index (χ3n) is 5.23. The molecule has 3 rings (SSSR count). The van der Waals surface area contributed by atoms with Gasteiger partial charge in [0, 0.05) is 36.0 Å². The molecule has 0 fully saturated rings. The number of nitrogens with zero attached hydrogens (tertiary/aromatic N) is 3. The Morgan fingerprint density at radius 3 is 2.63 bits per heavy atom. The second kappa shape index (κ2) is 6.98. The highest BCUT2D eigenvalue weighted by Crippen LogP contribution is 2.43. The van der Waals surface area contributed by atoms with Gasteiger partial charge in [-0.2, -0.15) is 5.10 Å². The van der Waals surface area contributed by atoms with E-state index in [2.05, 4.69) is 36.2 Å². The van der Waals surface area contributed by atoms with Gasteiger partial charge in [0.25, 0.3) is 5.69 Å². The van der Waals surface area contributed by atoms with Crippen LogP contribution in [0.1, 0.15) is 44.2 Å². The lowest BCUT2D eigenvalue weighted by Gasteiger charge is -2.45. The molecule has 27 heavy (non-hydrogen) atoms. The van der Waals surface area contributed by atoms with Crippen molar-refractivity contribution < 1.29 is 9.31 Å². The van der Waals surface area contributed by atoms with Crippen molar-refractivity contribution >= 4 is 23.3 Å². The van der Waals surface area contributed by atoms with Crippen LogP contribution < -0.4 is 10.3 Å². The Kier molecular flexibility index (Phi) is 4.87. The summed E-state index contributed by atoms with van der Waals surface area (Å²) in [4.78, 5) is 12.3. The van der Waals surface area contributed by atoms with Crippen molar-refractivity contribution in [2.75, 3.05) is 17.4 Å². The second-order valence-electron chi connectivity index (χ2n) is 7.58. The Bertz CT molecular complexity index is 894. The Morgan fingerprint density at radius 2 is 2.00 bits per heavy atom. The number of anilines is 2. The lowest BCUT2D eigenvalue weighted by Crippen LogP contribution is -2.45. The van der Waals surface area contributed by atoms with Gasteiger partial charge in [0.15, 0.2) is 0 Å². The average Bonchev–Trinajstić information content (AvgIpc) is 2.61. The van der Waals surface area contributed by atoms with E-state index in [1.165, 1.54) is 18.3 Å². The highest BCUT2D eigenvalue weighted by Gasteiger charge is 2.34. The van der Waals surface area contributed by atoms with E-state index >= 15 is 0 Å². The molecule has 0 radical (unpaired) electrons. The highest BCUT2D eigenvalue weighted by atomic mass is 19.1. The van der Waals surface area contributed by atoms with Gasteiger partial charge in [-0.05, 0) is 56.0 Å². The van der Waals surface area contributed by atoms with Crippen LogP contribution in [0, 0.1) is 15.9 Å². The minimum Gasteiger partial charge on any atom is -0.369 e. The number of rotatable bonds is 4. The summed E-state index contributed by atoms with van der Waals surface area (Å²) in [5.74, 6) is -0.0127. The molecular weight excluding hydrogens is 347 g/mol. The van der Waals surface area contributed by atoms with Crippen molar-refractivity contribution in [2.45, 2.75) is 38.6 Å². The summed E-state index contributed by atoms with van der Waals surface area (Å²) in [7, 11) is 1.99. The van der Waals surface area contributed by atoms with Crippen molar-refractivity contribution in [2.24, 2.45) is 5.10 Å². The van der Waals surface area contributed by atoms with Crippen LogP contribution in [0.15, 0.2) is 41.5 Å². The third kappa shape index (κ3) is 3.77. The first kappa shape index (κ1) is 18.8. The standard InChI is InChI=1S/C20H23FN4O2/c1-13-11-20(2,3)24(4)19-10-18(21)14(9-17(13)19)12-22-23-15-5-7-16(8-6-15)25(26)27/h5-10,12-13,23H,11H2,1-4H3/b22-12-. The van der Waals surface area contributed by atoms with Crippen LogP contribution in [0.2, 0.25) is 0 Å². The smallest absolute Gasteiger partial charge is 0.269 e. The summed E-state index contributed by atoms with van der Waals surface area (Å²) < 4.78 is 14.6. The molecule has 0 amide bonds. The molecule has 1 heterocycles. The van der Waals surface area contributed by atoms with Gasteiger partial charge >= 0.3 is 0 Å². The zero-order valence-electron chi connectivity index (χ0n) is 15.9. The van der Waals surface area contributed by atoms with E-state index < -0.39 is 4.92 Å². The Labute approximate surface area is 157 Å². The molecule has 2 aromatic rings. The van der Waals surface area contributed by atoms with Gasteiger partial charge in [-0.25, -0.2) is 4.39 Å². The molecule has 0 aliphatic carbocycles. The van der Waals surface area contributed by atoms with Crippen LogP contribution in [0.25, 0.3) is 0 Å². The predicted molar refractivity (Wildman–Crippen MR) is 106 cm³/mol. The van der Waals surface area contributed by atoms with E-state index in [9.17, 15) is 14.5 Å². The van der Waals surface area contributed by atoms with Crippen LogP contribution in [0.3, 0.4) is 0 Å². The first-order valence-electron chi connectivity index (χ1n) is 8.80. The van der Waals surface area contributed by atoms with Crippen LogP contribution in [0.4, 0.5) is 21.5 Å². The number of hydrogen-bond acceptors (Lipinski definition) is 5. The van der Waals surface area contributed by atoms with Crippen molar-refractivity contribution in [3.05, 3.63) is 63.5 Å². The minimum atomic E-state index is -0.463. The number of non-ortho nitro benzene ring substituents is 1. The summed E-state index contributed by atoms with van der Waals surface area (Å²) in [5, 5.41) is 14.7. The average molecular weight is 370 g/mol. The van der Waals surface area contributed by atoms with Gasteiger partial charge in [-0.15, -0.1) is 0 Å². The quantitative estimate of drug-likeness (QED) is 0.472. The first-order chi connectivity index (χ1) is 12.7. The number of nitrogens with one attached hydrogen (secondary N) is 1. The van der Waals surface area contributed by atoms with Gasteiger partial charge in [0.2, 0.25) is 0 Å². The molecule has 1 aliphatic heterocycles. The number of halogens is 1. The fraction of sp³-hybridized carbons (Fsp3) is 0.350. The molecule has 0 bridgehead atoms. The number of hydrazone groups is 1. The monoisotopic (exact) mass is 370 g/mol. The Balaban J connectivity index is 1.81. The number of hydrogen-bond donors (Lipinski definition) is 1. The van der Waals surface area contributed by atoms with Crippen molar-refractivity contribution in [3.63, 3.8) is 0 Å². The Hall–Kier alpha value is -2.96. The van der Waals surface area contributed by atoms with E-state index in [1.807, 2.05) is 13.1 Å². The predicted octanol–water partition coefficient (Wildman–Crippen LogP) is 4.90. The van der Waals surface area contributed by atoms with E-state index in [0.29, 0.717) is 17.2 Å². The fourth-order valence-corrected chi connectivity index (χ4v) is 3.54. The fourth-order valence-electron chi connectivity index (χ4n) is 3.54. The highest BCUT2D eigenvalue weighted by molar-refractivity contribution is 5.82. The number of nitro benzene ring substituents is 1. The largest absolute Gasteiger partial charge is 0.369 e. The van der Waals surface area contributed by atoms with Crippen LogP contribution >= 0.6 is 0 Å². The van der Waals surface area contributed by atoms with Gasteiger partial charge in [-0.1, -0.05) is 6.92 Å². The third-order valence-corrected chi connectivity index (χ3v) is 5.23. The molecule has 1 atom stereocenters. The molecule has 0 saturated carbocycles. The van der Waals surface area contributed by atoms with E-state index in [0.717, 1.165) is 17.7 Å². The maximum atomic E-state index is 14.6. The van der Waals surface area contributed by atoms with E-state index in [1.54, 1.807) is 18.2 Å². The summed E-state index contributed by atoms with van der Waals surface area (Å²) in [5.41, 5.74) is 5.77. The minimum absolute atomic E-state index is 0.00583. The van der Waals surface area contributed by atoms with Gasteiger partial charge in [0.1, 0.15) is 5.82 Å². The first-order valence-corrected chi connectivity index (χ1v) is 8.80. The number of benzene rings is 2. The van der Waals surface area contributed by atoms with Gasteiger partial charge in [-0.3, -0.25) is 15.5 Å². The van der Waals surface area contributed by atoms with Crippen LogP contribution in [0.5, 0.6) is 0 Å². The summed E-state index contributed by atoms with van der Waals surface area (Å²) in [6.07, 6.45) is 2.42. The Morgan fingerprint density at radius 1 is 1.33 bits per heavy atom. The van der Waals surface area contributed by atoms with Crippen LogP contribution in [-0.4, -0.2) is 23.7 Å². The number of nitro groups is 1. The molecule has 1 aliphatic rings. The summed E-state index contributed by atoms with van der Waals surface area (Å²) >= 11 is 0. The normalized spacial score (nSPS) is 18.4. The SMILES string of the molecule is CC1CC(C)(C)N(C)c2cc(F)c(/C=N\Nc3ccc([N+](=O)[O-])cc3)cc21. The molecule has 0 spiro atoms.